The zero-order valence-corrected chi connectivity index (χ0v) is 13.6. The Morgan fingerprint density at radius 2 is 1.90 bits per heavy atom. The molecule has 4 nitrogen and oxygen atoms in total. The van der Waals surface area contributed by atoms with Gasteiger partial charge in [-0.3, -0.25) is 0 Å². The van der Waals surface area contributed by atoms with Crippen LogP contribution in [0.15, 0.2) is 28.7 Å². The molecular formula is C15H19BrN4. The second kappa shape index (κ2) is 6.70. The fourth-order valence-corrected chi connectivity index (χ4v) is 2.27. The van der Waals surface area contributed by atoms with Crippen molar-refractivity contribution in [1.82, 2.24) is 9.97 Å². The van der Waals surface area contributed by atoms with Crippen molar-refractivity contribution in [2.24, 2.45) is 0 Å². The highest BCUT2D eigenvalue weighted by Crippen LogP contribution is 2.25. The molecule has 0 spiro atoms. The van der Waals surface area contributed by atoms with E-state index >= 15 is 0 Å². The highest BCUT2D eigenvalue weighted by molar-refractivity contribution is 9.10. The zero-order valence-electron chi connectivity index (χ0n) is 12.0. The highest BCUT2D eigenvalue weighted by Gasteiger charge is 2.09. The van der Waals surface area contributed by atoms with Crippen LogP contribution in [0.3, 0.4) is 0 Å². The largest absolute Gasteiger partial charge is 0.370 e. The number of rotatable bonds is 5. The predicted octanol–water partition coefficient (Wildman–Crippen LogP) is 4.42. The molecule has 2 aromatic rings. The molecule has 0 aliphatic heterocycles. The monoisotopic (exact) mass is 334 g/mol. The van der Waals surface area contributed by atoms with Gasteiger partial charge in [-0.25, -0.2) is 9.97 Å². The Labute approximate surface area is 128 Å². The van der Waals surface area contributed by atoms with E-state index in [1.165, 1.54) is 0 Å². The van der Waals surface area contributed by atoms with Gasteiger partial charge in [0.1, 0.15) is 17.5 Å². The molecule has 0 bridgehead atoms. The SMILES string of the molecule is CCCNc1nc(C)nc(Nc2cccc(Br)c2)c1C. The van der Waals surface area contributed by atoms with Crippen molar-refractivity contribution < 1.29 is 0 Å². The fourth-order valence-electron chi connectivity index (χ4n) is 1.87. The Kier molecular flexibility index (Phi) is 4.95. The van der Waals surface area contributed by atoms with E-state index in [0.29, 0.717) is 0 Å². The number of hydrogen-bond acceptors (Lipinski definition) is 4. The average molecular weight is 335 g/mol. The summed E-state index contributed by atoms with van der Waals surface area (Å²) >= 11 is 3.47. The molecule has 1 aromatic heterocycles. The quantitative estimate of drug-likeness (QED) is 0.849. The molecular weight excluding hydrogens is 316 g/mol. The lowest BCUT2D eigenvalue weighted by atomic mass is 10.2. The van der Waals surface area contributed by atoms with Crippen molar-refractivity contribution >= 4 is 33.3 Å². The van der Waals surface area contributed by atoms with Crippen molar-refractivity contribution in [3.63, 3.8) is 0 Å². The van der Waals surface area contributed by atoms with E-state index < -0.39 is 0 Å². The van der Waals surface area contributed by atoms with Crippen LogP contribution < -0.4 is 10.6 Å². The number of nitrogens with one attached hydrogen (secondary N) is 2. The summed E-state index contributed by atoms with van der Waals surface area (Å²) in [4.78, 5) is 8.95. The van der Waals surface area contributed by atoms with Gasteiger partial charge in [-0.2, -0.15) is 0 Å². The summed E-state index contributed by atoms with van der Waals surface area (Å²) in [6.45, 7) is 6.98. The maximum atomic E-state index is 4.49. The van der Waals surface area contributed by atoms with Gasteiger partial charge >= 0.3 is 0 Å². The van der Waals surface area contributed by atoms with E-state index in [4.69, 9.17) is 0 Å². The van der Waals surface area contributed by atoms with Gasteiger partial charge in [-0.1, -0.05) is 28.9 Å². The first kappa shape index (κ1) is 14.8. The first-order valence-electron chi connectivity index (χ1n) is 6.72. The van der Waals surface area contributed by atoms with Gasteiger partial charge in [0.2, 0.25) is 0 Å². The first-order chi connectivity index (χ1) is 9.60. The molecule has 2 N–H and O–H groups in total. The van der Waals surface area contributed by atoms with E-state index in [1.807, 2.05) is 38.1 Å². The van der Waals surface area contributed by atoms with Crippen LogP contribution in [0.25, 0.3) is 0 Å². The van der Waals surface area contributed by atoms with Crippen LogP contribution in [0.4, 0.5) is 17.3 Å². The number of aryl methyl sites for hydroxylation is 1. The van der Waals surface area contributed by atoms with Crippen LogP contribution in [0.5, 0.6) is 0 Å². The summed E-state index contributed by atoms with van der Waals surface area (Å²) in [5.74, 6) is 2.50. The number of benzene rings is 1. The molecule has 0 amide bonds. The summed E-state index contributed by atoms with van der Waals surface area (Å²) in [6, 6.07) is 8.03. The Hall–Kier alpha value is -1.62. The molecule has 0 saturated heterocycles. The van der Waals surface area contributed by atoms with E-state index in [9.17, 15) is 0 Å². The summed E-state index contributed by atoms with van der Waals surface area (Å²) in [5.41, 5.74) is 2.03. The van der Waals surface area contributed by atoms with Gasteiger partial charge in [-0.15, -0.1) is 0 Å². The van der Waals surface area contributed by atoms with E-state index in [2.05, 4.69) is 43.5 Å². The Balaban J connectivity index is 2.29. The van der Waals surface area contributed by atoms with E-state index in [-0.39, 0.29) is 0 Å². The number of nitrogens with zero attached hydrogens (tertiary/aromatic N) is 2. The molecule has 5 heteroatoms. The molecule has 1 aromatic carbocycles. The lowest BCUT2D eigenvalue weighted by Crippen LogP contribution is -2.08. The average Bonchev–Trinajstić information content (AvgIpc) is 2.41. The molecule has 0 unspecified atom stereocenters. The first-order valence-corrected chi connectivity index (χ1v) is 7.51. The van der Waals surface area contributed by atoms with Gasteiger partial charge in [0.05, 0.1) is 0 Å². The maximum Gasteiger partial charge on any atom is 0.139 e. The maximum absolute atomic E-state index is 4.49. The van der Waals surface area contributed by atoms with Crippen LogP contribution in [0, 0.1) is 13.8 Å². The van der Waals surface area contributed by atoms with Crippen LogP contribution in [0.2, 0.25) is 0 Å². The second-order valence-corrected chi connectivity index (χ2v) is 5.57. The topological polar surface area (TPSA) is 49.8 Å². The molecule has 0 saturated carbocycles. The number of anilines is 3. The fraction of sp³-hybridized carbons (Fsp3) is 0.333. The molecule has 0 radical (unpaired) electrons. The zero-order chi connectivity index (χ0) is 14.5. The number of halogens is 1. The predicted molar refractivity (Wildman–Crippen MR) is 87.7 cm³/mol. The van der Waals surface area contributed by atoms with Gasteiger partial charge in [0.25, 0.3) is 0 Å². The third-order valence-electron chi connectivity index (χ3n) is 2.89. The summed E-state index contributed by atoms with van der Waals surface area (Å²) in [7, 11) is 0. The van der Waals surface area contributed by atoms with Crippen molar-refractivity contribution in [3.8, 4) is 0 Å². The minimum absolute atomic E-state index is 0.756. The van der Waals surface area contributed by atoms with Crippen molar-refractivity contribution in [2.45, 2.75) is 27.2 Å². The van der Waals surface area contributed by atoms with Gasteiger partial charge in [-0.05, 0) is 38.5 Å². The van der Waals surface area contributed by atoms with Crippen LogP contribution in [-0.2, 0) is 0 Å². The molecule has 0 aliphatic carbocycles. The molecule has 2 rings (SSSR count). The Morgan fingerprint density at radius 3 is 2.60 bits per heavy atom. The van der Waals surface area contributed by atoms with Gasteiger partial charge < -0.3 is 10.6 Å². The van der Waals surface area contributed by atoms with Crippen LogP contribution in [-0.4, -0.2) is 16.5 Å². The normalized spacial score (nSPS) is 10.4. The number of aromatic nitrogens is 2. The summed E-state index contributed by atoms with van der Waals surface area (Å²) in [6.07, 6.45) is 1.07. The highest BCUT2D eigenvalue weighted by atomic mass is 79.9. The standard InChI is InChI=1S/C15H19BrN4/c1-4-8-17-14-10(2)15(19-11(3)18-14)20-13-7-5-6-12(16)9-13/h5-7,9H,4,8H2,1-3H3,(H2,17,18,19,20). The van der Waals surface area contributed by atoms with Crippen molar-refractivity contribution in [1.29, 1.82) is 0 Å². The third kappa shape index (κ3) is 3.70. The third-order valence-corrected chi connectivity index (χ3v) is 3.38. The molecule has 0 atom stereocenters. The smallest absolute Gasteiger partial charge is 0.139 e. The minimum atomic E-state index is 0.756. The van der Waals surface area contributed by atoms with Gasteiger partial charge in [0.15, 0.2) is 0 Å². The van der Waals surface area contributed by atoms with Crippen LogP contribution in [0.1, 0.15) is 24.7 Å². The Morgan fingerprint density at radius 1 is 1.15 bits per heavy atom. The van der Waals surface area contributed by atoms with Gasteiger partial charge in [0, 0.05) is 22.3 Å². The van der Waals surface area contributed by atoms with Crippen LogP contribution >= 0.6 is 15.9 Å². The summed E-state index contributed by atoms with van der Waals surface area (Å²) < 4.78 is 1.04. The lowest BCUT2D eigenvalue weighted by Gasteiger charge is -2.14. The molecule has 0 aliphatic rings. The molecule has 0 fully saturated rings. The minimum Gasteiger partial charge on any atom is -0.370 e. The number of hydrogen-bond donors (Lipinski definition) is 2. The second-order valence-electron chi connectivity index (χ2n) is 4.66. The Bertz CT molecular complexity index is 598. The van der Waals surface area contributed by atoms with E-state index in [0.717, 1.165) is 46.1 Å². The molecule has 106 valence electrons. The van der Waals surface area contributed by atoms with Crippen molar-refractivity contribution in [2.75, 3.05) is 17.2 Å². The molecule has 1 heterocycles. The van der Waals surface area contributed by atoms with Crippen molar-refractivity contribution in [3.05, 3.63) is 40.1 Å². The lowest BCUT2D eigenvalue weighted by molar-refractivity contribution is 0.948. The summed E-state index contributed by atoms with van der Waals surface area (Å²) in [5, 5.41) is 6.69. The van der Waals surface area contributed by atoms with E-state index in [1.54, 1.807) is 0 Å². The molecule has 20 heavy (non-hydrogen) atoms.